The van der Waals surface area contributed by atoms with Gasteiger partial charge in [0.2, 0.25) is 0 Å². The summed E-state index contributed by atoms with van der Waals surface area (Å²) in [6, 6.07) is 0. The minimum atomic E-state index is 0.147. The maximum Gasteiger partial charge on any atom is 0.0951 e. The molecule has 0 spiro atoms. The molecule has 3 heteroatoms. The molecule has 0 aliphatic carbocycles. The second kappa shape index (κ2) is 2.50. The van der Waals surface area contributed by atoms with Crippen LogP contribution in [0, 0.1) is 0 Å². The Hall–Kier alpha value is 0.210. The summed E-state index contributed by atoms with van der Waals surface area (Å²) in [6.45, 7) is 1.04. The van der Waals surface area contributed by atoms with Gasteiger partial charge in [-0.1, -0.05) is 0 Å². The lowest BCUT2D eigenvalue weighted by Gasteiger charge is -2.17. The van der Waals surface area contributed by atoms with E-state index in [1.807, 2.05) is 0 Å². The lowest BCUT2D eigenvalue weighted by atomic mass is 10.3. The highest BCUT2D eigenvalue weighted by Crippen LogP contribution is 2.02. The average molecular weight is 121 g/mol. The molecule has 1 heterocycles. The molecule has 2 nitrogen and oxygen atoms in total. The van der Waals surface area contributed by atoms with E-state index in [1.165, 1.54) is 6.42 Å². The Morgan fingerprint density at radius 3 is 2.71 bits per heavy atom. The van der Waals surface area contributed by atoms with Gasteiger partial charge in [0.15, 0.2) is 0 Å². The van der Waals surface area contributed by atoms with Crippen LogP contribution < -0.4 is 10.9 Å². The van der Waals surface area contributed by atoms with Crippen LogP contribution in [-0.2, 0) is 0 Å². The van der Waals surface area contributed by atoms with Gasteiger partial charge < -0.3 is 0 Å². The number of hydrogen-bond donors (Lipinski definition) is 2. The van der Waals surface area contributed by atoms with E-state index in [2.05, 4.69) is 10.9 Å². The Morgan fingerprint density at radius 1 is 1.57 bits per heavy atom. The van der Waals surface area contributed by atoms with Crippen molar-refractivity contribution in [3.8, 4) is 0 Å². The second-order valence-corrected chi connectivity index (χ2v) is 2.21. The van der Waals surface area contributed by atoms with E-state index >= 15 is 0 Å². The second-order valence-electron chi connectivity index (χ2n) is 1.68. The first-order valence-electron chi connectivity index (χ1n) is 2.52. The highest BCUT2D eigenvalue weighted by molar-refractivity contribution is 6.20. The van der Waals surface area contributed by atoms with Crippen molar-refractivity contribution in [2.24, 2.45) is 0 Å². The van der Waals surface area contributed by atoms with Gasteiger partial charge in [-0.25, -0.2) is 5.43 Å². The minimum Gasteiger partial charge on any atom is -0.256 e. The van der Waals surface area contributed by atoms with Crippen molar-refractivity contribution < 1.29 is 0 Å². The third-order valence-corrected chi connectivity index (χ3v) is 1.35. The predicted octanol–water partition coefficient (Wildman–Crippen LogP) is 0.439. The van der Waals surface area contributed by atoms with Crippen molar-refractivity contribution in [3.05, 3.63) is 0 Å². The molecule has 1 fully saturated rings. The zero-order chi connectivity index (χ0) is 5.11. The first kappa shape index (κ1) is 5.35. The number of halogens is 1. The molecule has 7 heavy (non-hydrogen) atoms. The molecule has 1 unspecified atom stereocenters. The summed E-state index contributed by atoms with van der Waals surface area (Å²) in [5, 5.41) is 0. The van der Waals surface area contributed by atoms with Gasteiger partial charge in [-0.3, -0.25) is 5.43 Å². The summed E-state index contributed by atoms with van der Waals surface area (Å²) in [5.41, 5.74) is 6.00. The molecular weight excluding hydrogens is 112 g/mol. The number of rotatable bonds is 0. The van der Waals surface area contributed by atoms with Crippen molar-refractivity contribution >= 4 is 11.6 Å². The fourth-order valence-electron chi connectivity index (χ4n) is 0.625. The molecule has 1 saturated heterocycles. The van der Waals surface area contributed by atoms with Gasteiger partial charge in [0.05, 0.1) is 5.50 Å². The molecule has 0 radical (unpaired) electrons. The van der Waals surface area contributed by atoms with Crippen LogP contribution in [0.5, 0.6) is 0 Å². The summed E-state index contributed by atoms with van der Waals surface area (Å²) >= 11 is 5.64. The van der Waals surface area contributed by atoms with Crippen LogP contribution >= 0.6 is 11.6 Å². The van der Waals surface area contributed by atoms with E-state index in [0.29, 0.717) is 0 Å². The standard InChI is InChI=1S/C4H9ClN2/c5-4-2-1-3-6-7-4/h4,6-7H,1-3H2. The molecule has 0 aromatic heterocycles. The van der Waals surface area contributed by atoms with E-state index in [9.17, 15) is 0 Å². The number of hydrazine groups is 1. The summed E-state index contributed by atoms with van der Waals surface area (Å²) in [5.74, 6) is 0. The monoisotopic (exact) mass is 120 g/mol. The zero-order valence-electron chi connectivity index (χ0n) is 4.08. The Kier molecular flexibility index (Phi) is 1.91. The summed E-state index contributed by atoms with van der Waals surface area (Å²) in [4.78, 5) is 0. The van der Waals surface area contributed by atoms with Gasteiger partial charge in [-0.05, 0) is 12.8 Å². The molecule has 1 atom stereocenters. The van der Waals surface area contributed by atoms with Crippen molar-refractivity contribution in [3.63, 3.8) is 0 Å². The smallest absolute Gasteiger partial charge is 0.0951 e. The third kappa shape index (κ3) is 1.63. The fourth-order valence-corrected chi connectivity index (χ4v) is 0.856. The third-order valence-electron chi connectivity index (χ3n) is 1.02. The first-order valence-corrected chi connectivity index (χ1v) is 2.96. The zero-order valence-corrected chi connectivity index (χ0v) is 4.83. The molecule has 0 amide bonds. The lowest BCUT2D eigenvalue weighted by Crippen LogP contribution is -2.42. The van der Waals surface area contributed by atoms with Crippen molar-refractivity contribution in [2.75, 3.05) is 6.54 Å². The normalized spacial score (nSPS) is 33.0. The van der Waals surface area contributed by atoms with E-state index in [-0.39, 0.29) is 5.50 Å². The molecule has 2 N–H and O–H groups in total. The van der Waals surface area contributed by atoms with Crippen LogP contribution in [0.25, 0.3) is 0 Å². The van der Waals surface area contributed by atoms with Gasteiger partial charge >= 0.3 is 0 Å². The molecule has 0 bridgehead atoms. The maximum atomic E-state index is 5.64. The Balaban J connectivity index is 2.12. The summed E-state index contributed by atoms with van der Waals surface area (Å²) in [7, 11) is 0. The van der Waals surface area contributed by atoms with Gasteiger partial charge in [-0.15, -0.1) is 11.6 Å². The molecule has 1 rings (SSSR count). The van der Waals surface area contributed by atoms with Crippen molar-refractivity contribution in [1.29, 1.82) is 0 Å². The van der Waals surface area contributed by atoms with E-state index in [4.69, 9.17) is 11.6 Å². The number of hydrogen-bond acceptors (Lipinski definition) is 2. The topological polar surface area (TPSA) is 24.1 Å². The van der Waals surface area contributed by atoms with Crippen molar-refractivity contribution in [2.45, 2.75) is 18.3 Å². The fraction of sp³-hybridized carbons (Fsp3) is 1.00. The van der Waals surface area contributed by atoms with E-state index in [1.54, 1.807) is 0 Å². The quantitative estimate of drug-likeness (QED) is 0.358. The van der Waals surface area contributed by atoms with Crippen molar-refractivity contribution in [1.82, 2.24) is 10.9 Å². The van der Waals surface area contributed by atoms with Crippen LogP contribution in [0.1, 0.15) is 12.8 Å². The van der Waals surface area contributed by atoms with Crippen LogP contribution in [-0.4, -0.2) is 12.0 Å². The van der Waals surface area contributed by atoms with Gasteiger partial charge in [-0.2, -0.15) is 0 Å². The van der Waals surface area contributed by atoms with E-state index in [0.717, 1.165) is 13.0 Å². The molecule has 0 aromatic rings. The first-order chi connectivity index (χ1) is 3.39. The van der Waals surface area contributed by atoms with Crippen LogP contribution in [0.4, 0.5) is 0 Å². The number of nitrogens with one attached hydrogen (secondary N) is 2. The van der Waals surface area contributed by atoms with Crippen LogP contribution in [0.3, 0.4) is 0 Å². The SMILES string of the molecule is ClC1CCCNN1. The highest BCUT2D eigenvalue weighted by atomic mass is 35.5. The molecule has 1 aliphatic heterocycles. The van der Waals surface area contributed by atoms with Gasteiger partial charge in [0.1, 0.15) is 0 Å². The largest absolute Gasteiger partial charge is 0.256 e. The maximum absolute atomic E-state index is 5.64. The molecule has 42 valence electrons. The molecule has 1 aliphatic rings. The summed E-state index contributed by atoms with van der Waals surface area (Å²) in [6.07, 6.45) is 2.26. The average Bonchev–Trinajstić information content (AvgIpc) is 1.69. The van der Waals surface area contributed by atoms with E-state index < -0.39 is 0 Å². The molecule has 0 saturated carbocycles. The highest BCUT2D eigenvalue weighted by Gasteiger charge is 2.05. The Bertz CT molecular complexity index is 51.7. The lowest BCUT2D eigenvalue weighted by molar-refractivity contribution is 0.413. The van der Waals surface area contributed by atoms with Gasteiger partial charge in [0, 0.05) is 6.54 Å². The molecule has 0 aromatic carbocycles. The molecular formula is C4H9ClN2. The Morgan fingerprint density at radius 2 is 2.43 bits per heavy atom. The Labute approximate surface area is 48.2 Å². The number of alkyl halides is 1. The van der Waals surface area contributed by atoms with Gasteiger partial charge in [0.25, 0.3) is 0 Å². The minimum absolute atomic E-state index is 0.147. The summed E-state index contributed by atoms with van der Waals surface area (Å²) < 4.78 is 0. The van der Waals surface area contributed by atoms with Crippen LogP contribution in [0.2, 0.25) is 0 Å². The van der Waals surface area contributed by atoms with Crippen LogP contribution in [0.15, 0.2) is 0 Å². The predicted molar refractivity (Wildman–Crippen MR) is 30.0 cm³/mol.